The second-order valence-corrected chi connectivity index (χ2v) is 4.69. The van der Waals surface area contributed by atoms with E-state index in [1.54, 1.807) is 6.20 Å². The molecule has 0 fully saturated rings. The molecule has 0 saturated heterocycles. The second kappa shape index (κ2) is 5.38. The normalized spacial score (nSPS) is 14.1. The third-order valence-corrected chi connectivity index (χ3v) is 3.11. The van der Waals surface area contributed by atoms with Gasteiger partial charge in [0.05, 0.1) is 0 Å². The van der Waals surface area contributed by atoms with Crippen LogP contribution < -0.4 is 19.9 Å². The number of nitrogens with two attached hydrogens (primary N) is 1. The van der Waals surface area contributed by atoms with E-state index in [4.69, 9.17) is 19.9 Å². The maximum absolute atomic E-state index is 5.77. The van der Waals surface area contributed by atoms with E-state index in [9.17, 15) is 0 Å². The van der Waals surface area contributed by atoms with Crippen molar-refractivity contribution in [1.82, 2.24) is 4.98 Å². The van der Waals surface area contributed by atoms with Crippen molar-refractivity contribution in [2.75, 3.05) is 6.79 Å². The first-order chi connectivity index (χ1) is 9.72. The Kier molecular flexibility index (Phi) is 3.43. The molecule has 0 spiro atoms. The number of ether oxygens (including phenoxy) is 3. The van der Waals surface area contributed by atoms with Gasteiger partial charge in [0.15, 0.2) is 11.5 Å². The molecule has 1 aromatic heterocycles. The van der Waals surface area contributed by atoms with E-state index in [2.05, 4.69) is 4.98 Å². The van der Waals surface area contributed by atoms with Crippen molar-refractivity contribution in [2.24, 2.45) is 5.73 Å². The van der Waals surface area contributed by atoms with Crippen LogP contribution in [0.2, 0.25) is 0 Å². The van der Waals surface area contributed by atoms with Crippen LogP contribution in [-0.4, -0.2) is 11.8 Å². The lowest BCUT2D eigenvalue weighted by Crippen LogP contribution is -2.05. The minimum atomic E-state index is -0.0228. The molecule has 0 radical (unpaired) electrons. The maximum Gasteiger partial charge on any atom is 0.231 e. The minimum Gasteiger partial charge on any atom is -0.473 e. The molecule has 0 bridgehead atoms. The third-order valence-electron chi connectivity index (χ3n) is 3.11. The maximum atomic E-state index is 5.77. The number of hydrogen-bond donors (Lipinski definition) is 1. The Balaban J connectivity index is 1.64. The summed E-state index contributed by atoms with van der Waals surface area (Å²) < 4.78 is 16.2. The number of fused-ring (bicyclic) bond motifs is 1. The third kappa shape index (κ3) is 2.67. The SMILES string of the molecule is C[C@H](N)c1ccc(OCc2ccc3c(c2)OCO3)nc1. The standard InChI is InChI=1S/C15H16N2O3/c1-10(16)12-3-5-15(17-7-12)18-8-11-2-4-13-14(6-11)20-9-19-13/h2-7,10H,8-9,16H2,1H3/t10-/m0/s1. The molecule has 0 unspecified atom stereocenters. The number of hydrogen-bond acceptors (Lipinski definition) is 5. The zero-order chi connectivity index (χ0) is 13.9. The molecule has 0 aliphatic carbocycles. The van der Waals surface area contributed by atoms with Gasteiger partial charge in [-0.15, -0.1) is 0 Å². The van der Waals surface area contributed by atoms with Crippen molar-refractivity contribution < 1.29 is 14.2 Å². The van der Waals surface area contributed by atoms with E-state index in [0.717, 1.165) is 22.6 Å². The van der Waals surface area contributed by atoms with Gasteiger partial charge in [-0.1, -0.05) is 12.1 Å². The lowest BCUT2D eigenvalue weighted by molar-refractivity contribution is 0.174. The molecule has 1 aliphatic heterocycles. The average molecular weight is 272 g/mol. The predicted octanol–water partition coefficient (Wildman–Crippen LogP) is 2.41. The summed E-state index contributed by atoms with van der Waals surface area (Å²) in [6.45, 7) is 2.63. The molecule has 1 atom stereocenters. The van der Waals surface area contributed by atoms with Crippen molar-refractivity contribution in [1.29, 1.82) is 0 Å². The lowest BCUT2D eigenvalue weighted by atomic mass is 10.2. The van der Waals surface area contributed by atoms with Crippen LogP contribution in [0.25, 0.3) is 0 Å². The first-order valence-electron chi connectivity index (χ1n) is 6.45. The van der Waals surface area contributed by atoms with Crippen LogP contribution >= 0.6 is 0 Å². The summed E-state index contributed by atoms with van der Waals surface area (Å²) in [4.78, 5) is 4.23. The van der Waals surface area contributed by atoms with Gasteiger partial charge in [-0.25, -0.2) is 4.98 Å². The van der Waals surface area contributed by atoms with E-state index in [1.165, 1.54) is 0 Å². The fourth-order valence-electron chi connectivity index (χ4n) is 1.93. The van der Waals surface area contributed by atoms with E-state index in [0.29, 0.717) is 12.5 Å². The Morgan fingerprint density at radius 1 is 1.25 bits per heavy atom. The number of aromatic nitrogens is 1. The van der Waals surface area contributed by atoms with Gasteiger partial charge in [-0.3, -0.25) is 0 Å². The summed E-state index contributed by atoms with van der Waals surface area (Å²) in [5, 5.41) is 0. The average Bonchev–Trinajstić information content (AvgIpc) is 2.93. The smallest absolute Gasteiger partial charge is 0.231 e. The number of nitrogens with zero attached hydrogens (tertiary/aromatic N) is 1. The molecule has 0 amide bonds. The number of rotatable bonds is 4. The van der Waals surface area contributed by atoms with Crippen LogP contribution in [0, 0.1) is 0 Å². The van der Waals surface area contributed by atoms with E-state index in [-0.39, 0.29) is 12.8 Å². The van der Waals surface area contributed by atoms with Gasteiger partial charge in [0.1, 0.15) is 6.61 Å². The van der Waals surface area contributed by atoms with E-state index >= 15 is 0 Å². The molecule has 1 aromatic carbocycles. The largest absolute Gasteiger partial charge is 0.473 e. The topological polar surface area (TPSA) is 66.6 Å². The Labute approximate surface area is 117 Å². The van der Waals surface area contributed by atoms with Crippen LogP contribution in [0.5, 0.6) is 17.4 Å². The Morgan fingerprint density at radius 3 is 2.85 bits per heavy atom. The Morgan fingerprint density at radius 2 is 2.10 bits per heavy atom. The number of pyridine rings is 1. The first kappa shape index (κ1) is 12.7. The van der Waals surface area contributed by atoms with Crippen molar-refractivity contribution in [3.63, 3.8) is 0 Å². The second-order valence-electron chi connectivity index (χ2n) is 4.69. The number of benzene rings is 1. The molecule has 3 rings (SSSR count). The predicted molar refractivity (Wildman–Crippen MR) is 73.7 cm³/mol. The van der Waals surface area contributed by atoms with Crippen molar-refractivity contribution in [3.05, 3.63) is 47.7 Å². The van der Waals surface area contributed by atoms with Crippen molar-refractivity contribution in [3.8, 4) is 17.4 Å². The fraction of sp³-hybridized carbons (Fsp3) is 0.267. The van der Waals surface area contributed by atoms with Gasteiger partial charge in [0.2, 0.25) is 12.7 Å². The highest BCUT2D eigenvalue weighted by Gasteiger charge is 2.13. The van der Waals surface area contributed by atoms with Crippen LogP contribution in [0.1, 0.15) is 24.1 Å². The summed E-state index contributed by atoms with van der Waals surface area (Å²) in [5.41, 5.74) is 7.77. The molecular formula is C15H16N2O3. The van der Waals surface area contributed by atoms with Gasteiger partial charge >= 0.3 is 0 Å². The quantitative estimate of drug-likeness (QED) is 0.925. The van der Waals surface area contributed by atoms with Crippen molar-refractivity contribution >= 4 is 0 Å². The van der Waals surface area contributed by atoms with Gasteiger partial charge < -0.3 is 19.9 Å². The summed E-state index contributed by atoms with van der Waals surface area (Å²) in [6.07, 6.45) is 1.74. The van der Waals surface area contributed by atoms with E-state index in [1.807, 2.05) is 37.3 Å². The molecule has 2 aromatic rings. The molecule has 104 valence electrons. The van der Waals surface area contributed by atoms with Gasteiger partial charge in [0, 0.05) is 18.3 Å². The Hall–Kier alpha value is -2.27. The molecule has 5 heteroatoms. The molecule has 2 heterocycles. The minimum absolute atomic E-state index is 0.0228. The van der Waals surface area contributed by atoms with Gasteiger partial charge in [-0.2, -0.15) is 0 Å². The van der Waals surface area contributed by atoms with Crippen molar-refractivity contribution in [2.45, 2.75) is 19.6 Å². The first-order valence-corrected chi connectivity index (χ1v) is 6.45. The van der Waals surface area contributed by atoms with Crippen LogP contribution in [0.4, 0.5) is 0 Å². The highest BCUT2D eigenvalue weighted by molar-refractivity contribution is 5.44. The van der Waals surface area contributed by atoms with Gasteiger partial charge in [0.25, 0.3) is 0 Å². The molecule has 1 aliphatic rings. The summed E-state index contributed by atoms with van der Waals surface area (Å²) in [5.74, 6) is 2.10. The summed E-state index contributed by atoms with van der Waals surface area (Å²) in [7, 11) is 0. The lowest BCUT2D eigenvalue weighted by Gasteiger charge is -2.08. The van der Waals surface area contributed by atoms with Gasteiger partial charge in [-0.05, 0) is 30.2 Å². The monoisotopic (exact) mass is 272 g/mol. The van der Waals surface area contributed by atoms with Crippen LogP contribution in [0.3, 0.4) is 0 Å². The fourth-order valence-corrected chi connectivity index (χ4v) is 1.93. The molecule has 20 heavy (non-hydrogen) atoms. The highest BCUT2D eigenvalue weighted by atomic mass is 16.7. The summed E-state index contributed by atoms with van der Waals surface area (Å²) >= 11 is 0. The molecule has 2 N–H and O–H groups in total. The zero-order valence-electron chi connectivity index (χ0n) is 11.2. The zero-order valence-corrected chi connectivity index (χ0v) is 11.2. The van der Waals surface area contributed by atoms with E-state index < -0.39 is 0 Å². The summed E-state index contributed by atoms with van der Waals surface area (Å²) in [6, 6.07) is 9.47. The molecule has 5 nitrogen and oxygen atoms in total. The Bertz CT molecular complexity index is 597. The molecular weight excluding hydrogens is 256 g/mol. The highest BCUT2D eigenvalue weighted by Crippen LogP contribution is 2.32. The molecule has 0 saturated carbocycles. The van der Waals surface area contributed by atoms with Crippen LogP contribution in [0.15, 0.2) is 36.5 Å². The van der Waals surface area contributed by atoms with Crippen LogP contribution in [-0.2, 0) is 6.61 Å².